The molecule has 124 valence electrons. The minimum absolute atomic E-state index is 0.0245. The molecule has 0 unspecified atom stereocenters. The van der Waals surface area contributed by atoms with Crippen LogP contribution in [0.2, 0.25) is 0 Å². The third kappa shape index (κ3) is 4.23. The Kier molecular flexibility index (Phi) is 4.87. The van der Waals surface area contributed by atoms with E-state index in [0.717, 1.165) is 5.56 Å². The number of thiophene rings is 1. The molecule has 0 aliphatic carbocycles. The smallest absolute Gasteiger partial charge is 0.222 e. The Bertz CT molecular complexity index is 702. The SMILES string of the molecule is O=C(C[C@@H](c1ccsc1)n1cccc1)NC[C@H]1CCS(=O)(=O)C1. The lowest BCUT2D eigenvalue weighted by atomic mass is 10.1. The van der Waals surface area contributed by atoms with Gasteiger partial charge in [0.2, 0.25) is 5.91 Å². The first-order valence-corrected chi connectivity index (χ1v) is 10.4. The van der Waals surface area contributed by atoms with Gasteiger partial charge in [-0.05, 0) is 46.9 Å². The van der Waals surface area contributed by atoms with Crippen LogP contribution in [0.1, 0.15) is 24.4 Å². The molecule has 0 radical (unpaired) electrons. The summed E-state index contributed by atoms with van der Waals surface area (Å²) in [5, 5.41) is 6.97. The summed E-state index contributed by atoms with van der Waals surface area (Å²) in [5.41, 5.74) is 1.12. The Labute approximate surface area is 140 Å². The van der Waals surface area contributed by atoms with Gasteiger partial charge < -0.3 is 9.88 Å². The third-order valence-electron chi connectivity index (χ3n) is 4.21. The maximum absolute atomic E-state index is 12.3. The molecule has 3 rings (SSSR count). The first kappa shape index (κ1) is 16.3. The largest absolute Gasteiger partial charge is 0.356 e. The molecule has 0 aromatic carbocycles. The molecule has 23 heavy (non-hydrogen) atoms. The van der Waals surface area contributed by atoms with Gasteiger partial charge >= 0.3 is 0 Å². The summed E-state index contributed by atoms with van der Waals surface area (Å²) in [6, 6.07) is 5.90. The molecule has 0 spiro atoms. The van der Waals surface area contributed by atoms with Gasteiger partial charge in [0.05, 0.1) is 24.0 Å². The van der Waals surface area contributed by atoms with E-state index >= 15 is 0 Å². The highest BCUT2D eigenvalue weighted by Gasteiger charge is 2.28. The summed E-state index contributed by atoms with van der Waals surface area (Å²) >= 11 is 1.61. The monoisotopic (exact) mass is 352 g/mol. The normalized spacial score (nSPS) is 21.1. The van der Waals surface area contributed by atoms with Gasteiger partial charge in [-0.25, -0.2) is 8.42 Å². The van der Waals surface area contributed by atoms with E-state index in [9.17, 15) is 13.2 Å². The standard InChI is InChI=1S/C16H20N2O3S2/c19-16(17-10-13-4-8-23(20,21)12-13)9-15(14-3-7-22-11-14)18-5-1-2-6-18/h1-3,5-7,11,13,15H,4,8-10,12H2,(H,17,19)/t13-,15+/m1/s1. The van der Waals surface area contributed by atoms with Gasteiger partial charge in [0.15, 0.2) is 9.84 Å². The summed E-state index contributed by atoms with van der Waals surface area (Å²) in [5.74, 6) is 0.446. The van der Waals surface area contributed by atoms with Crippen molar-refractivity contribution in [3.8, 4) is 0 Å². The van der Waals surface area contributed by atoms with E-state index in [1.807, 2.05) is 40.5 Å². The highest BCUT2D eigenvalue weighted by atomic mass is 32.2. The molecule has 1 N–H and O–H groups in total. The van der Waals surface area contributed by atoms with Gasteiger partial charge in [-0.3, -0.25) is 4.79 Å². The summed E-state index contributed by atoms with van der Waals surface area (Å²) in [4.78, 5) is 12.3. The first-order chi connectivity index (χ1) is 11.0. The summed E-state index contributed by atoms with van der Waals surface area (Å²) in [6.45, 7) is 0.445. The minimum Gasteiger partial charge on any atom is -0.356 e. The predicted molar refractivity (Wildman–Crippen MR) is 91.3 cm³/mol. The molecule has 1 aliphatic rings. The van der Waals surface area contributed by atoms with Crippen molar-refractivity contribution in [3.63, 3.8) is 0 Å². The number of hydrogen-bond acceptors (Lipinski definition) is 4. The Hall–Kier alpha value is -1.60. The second-order valence-corrected chi connectivity index (χ2v) is 8.99. The van der Waals surface area contributed by atoms with Gasteiger partial charge in [-0.2, -0.15) is 11.3 Å². The van der Waals surface area contributed by atoms with Crippen LogP contribution >= 0.6 is 11.3 Å². The fourth-order valence-corrected chi connectivity index (χ4v) is 5.52. The average Bonchev–Trinajstić information content (AvgIpc) is 3.24. The molecule has 1 fully saturated rings. The number of carbonyl (C=O) groups excluding carboxylic acids is 1. The lowest BCUT2D eigenvalue weighted by Crippen LogP contribution is -2.31. The van der Waals surface area contributed by atoms with Crippen molar-refractivity contribution in [1.82, 2.24) is 9.88 Å². The first-order valence-electron chi connectivity index (χ1n) is 7.65. The van der Waals surface area contributed by atoms with Crippen LogP contribution in [0.15, 0.2) is 41.4 Å². The quantitative estimate of drug-likeness (QED) is 0.865. The number of nitrogens with zero attached hydrogens (tertiary/aromatic N) is 1. The van der Waals surface area contributed by atoms with Crippen LogP contribution in [0.25, 0.3) is 0 Å². The molecular weight excluding hydrogens is 332 g/mol. The van der Waals surface area contributed by atoms with Crippen LogP contribution < -0.4 is 5.32 Å². The highest BCUT2D eigenvalue weighted by Crippen LogP contribution is 2.24. The van der Waals surface area contributed by atoms with E-state index in [-0.39, 0.29) is 29.4 Å². The van der Waals surface area contributed by atoms with Crippen LogP contribution in [-0.2, 0) is 14.6 Å². The van der Waals surface area contributed by atoms with Crippen LogP contribution in [0.4, 0.5) is 0 Å². The molecule has 2 aromatic heterocycles. The van der Waals surface area contributed by atoms with E-state index in [1.165, 1.54) is 0 Å². The Morgan fingerprint density at radius 1 is 1.39 bits per heavy atom. The number of hydrogen-bond donors (Lipinski definition) is 1. The molecule has 3 heterocycles. The van der Waals surface area contributed by atoms with Gasteiger partial charge in [0.25, 0.3) is 0 Å². The lowest BCUT2D eigenvalue weighted by Gasteiger charge is -2.18. The molecule has 1 aliphatic heterocycles. The maximum Gasteiger partial charge on any atom is 0.222 e. The second-order valence-electron chi connectivity index (χ2n) is 5.98. The number of sulfone groups is 1. The zero-order valence-electron chi connectivity index (χ0n) is 12.7. The van der Waals surface area contributed by atoms with E-state index < -0.39 is 9.84 Å². The topological polar surface area (TPSA) is 68.2 Å². The molecular formula is C16H20N2O3S2. The zero-order valence-corrected chi connectivity index (χ0v) is 14.4. The molecule has 1 saturated heterocycles. The van der Waals surface area contributed by atoms with Gasteiger partial charge in [-0.1, -0.05) is 0 Å². The molecule has 0 saturated carbocycles. The number of carbonyl (C=O) groups is 1. The van der Waals surface area contributed by atoms with Gasteiger partial charge in [0, 0.05) is 18.9 Å². The minimum atomic E-state index is -2.89. The second kappa shape index (κ2) is 6.88. The van der Waals surface area contributed by atoms with Crippen LogP contribution in [0, 0.1) is 5.92 Å². The van der Waals surface area contributed by atoms with Gasteiger partial charge in [-0.15, -0.1) is 0 Å². The van der Waals surface area contributed by atoms with E-state index in [0.29, 0.717) is 19.4 Å². The molecule has 7 heteroatoms. The van der Waals surface area contributed by atoms with E-state index in [4.69, 9.17) is 0 Å². The molecule has 2 aromatic rings. The fourth-order valence-electron chi connectivity index (χ4n) is 2.95. The Morgan fingerprint density at radius 2 is 2.17 bits per heavy atom. The lowest BCUT2D eigenvalue weighted by molar-refractivity contribution is -0.121. The van der Waals surface area contributed by atoms with Crippen molar-refractivity contribution < 1.29 is 13.2 Å². The van der Waals surface area contributed by atoms with Crippen molar-refractivity contribution in [2.75, 3.05) is 18.1 Å². The Balaban J connectivity index is 1.59. The Morgan fingerprint density at radius 3 is 2.78 bits per heavy atom. The van der Waals surface area contributed by atoms with E-state index in [2.05, 4.69) is 10.7 Å². The number of rotatable bonds is 6. The van der Waals surface area contributed by atoms with Gasteiger partial charge in [0.1, 0.15) is 0 Å². The van der Waals surface area contributed by atoms with Crippen molar-refractivity contribution in [2.24, 2.45) is 5.92 Å². The summed E-state index contributed by atoms with van der Waals surface area (Å²) in [7, 11) is -2.89. The van der Waals surface area contributed by atoms with Crippen molar-refractivity contribution in [2.45, 2.75) is 18.9 Å². The van der Waals surface area contributed by atoms with Crippen molar-refractivity contribution >= 4 is 27.1 Å². The molecule has 2 atom stereocenters. The predicted octanol–water partition coefficient (Wildman–Crippen LogP) is 2.08. The molecule has 5 nitrogen and oxygen atoms in total. The van der Waals surface area contributed by atoms with Crippen LogP contribution in [0.5, 0.6) is 0 Å². The summed E-state index contributed by atoms with van der Waals surface area (Å²) < 4.78 is 24.9. The number of aromatic nitrogens is 1. The van der Waals surface area contributed by atoms with Crippen molar-refractivity contribution in [1.29, 1.82) is 0 Å². The molecule has 1 amide bonds. The third-order valence-corrected chi connectivity index (χ3v) is 6.75. The number of nitrogens with one attached hydrogen (secondary N) is 1. The van der Waals surface area contributed by atoms with Crippen molar-refractivity contribution in [3.05, 3.63) is 46.9 Å². The van der Waals surface area contributed by atoms with Crippen LogP contribution in [0.3, 0.4) is 0 Å². The number of amides is 1. The highest BCUT2D eigenvalue weighted by molar-refractivity contribution is 7.91. The van der Waals surface area contributed by atoms with E-state index in [1.54, 1.807) is 11.3 Å². The summed E-state index contributed by atoms with van der Waals surface area (Å²) in [6.07, 6.45) is 4.91. The fraction of sp³-hybridized carbons (Fsp3) is 0.438. The molecule has 0 bridgehead atoms. The maximum atomic E-state index is 12.3. The average molecular weight is 352 g/mol. The van der Waals surface area contributed by atoms with Crippen LogP contribution in [-0.4, -0.2) is 36.9 Å². The zero-order chi connectivity index (χ0) is 16.3.